The van der Waals surface area contributed by atoms with Crippen molar-refractivity contribution < 1.29 is 0 Å². The van der Waals surface area contributed by atoms with E-state index in [1.54, 1.807) is 6.07 Å². The number of halogens is 1. The van der Waals surface area contributed by atoms with E-state index in [4.69, 9.17) is 17.5 Å². The summed E-state index contributed by atoms with van der Waals surface area (Å²) in [5.41, 5.74) is 4.54. The Morgan fingerprint density at radius 2 is 2.10 bits per heavy atom. The number of hydrogen-bond acceptors (Lipinski definition) is 2. The van der Waals surface area contributed by atoms with Gasteiger partial charge >= 0.3 is 0 Å². The smallest absolute Gasteiger partial charge is 0.182 e. The molecule has 0 radical (unpaired) electrons. The zero-order chi connectivity index (χ0) is 14.3. The Kier molecular flexibility index (Phi) is 3.20. The number of hydrogen-bond donors (Lipinski definition) is 1. The molecule has 0 aliphatic heterocycles. The summed E-state index contributed by atoms with van der Waals surface area (Å²) in [6.45, 7) is 2.03. The topological polar surface area (TPSA) is 44.5 Å². The van der Waals surface area contributed by atoms with Crippen LogP contribution < -0.4 is 0 Å². The molecule has 0 aliphatic rings. The van der Waals surface area contributed by atoms with Crippen molar-refractivity contribution in [3.63, 3.8) is 0 Å². The van der Waals surface area contributed by atoms with E-state index in [9.17, 15) is 0 Å². The first-order valence-corrected chi connectivity index (χ1v) is 7.22. The normalized spacial score (nSPS) is 10.7. The van der Waals surface area contributed by atoms with Crippen molar-refractivity contribution >= 4 is 39.2 Å². The average molecular weight is 344 g/mol. The van der Waals surface area contributed by atoms with Crippen molar-refractivity contribution in [3.8, 4) is 11.8 Å². The van der Waals surface area contributed by atoms with Gasteiger partial charge in [-0.2, -0.15) is 5.26 Å². The lowest BCUT2D eigenvalue weighted by Gasteiger charge is -2.09. The minimum absolute atomic E-state index is 0.612. The number of aromatic amines is 1. The number of nitrogens with zero attached hydrogens (tertiary/aromatic N) is 2. The van der Waals surface area contributed by atoms with Gasteiger partial charge in [0.05, 0.1) is 28.4 Å². The Hall–Kier alpha value is -1.90. The zero-order valence-electron chi connectivity index (χ0n) is 10.6. The number of H-pyrrole nitrogens is 1. The van der Waals surface area contributed by atoms with Crippen LogP contribution in [0.25, 0.3) is 16.7 Å². The van der Waals surface area contributed by atoms with Gasteiger partial charge in [-0.05, 0) is 64.9 Å². The molecule has 98 valence electrons. The largest absolute Gasteiger partial charge is 0.330 e. The predicted molar refractivity (Wildman–Crippen MR) is 85.6 cm³/mol. The number of rotatable bonds is 1. The van der Waals surface area contributed by atoms with Crippen LogP contribution in [0.4, 0.5) is 0 Å². The third-order valence-corrected chi connectivity index (χ3v) is 4.54. The zero-order valence-corrected chi connectivity index (χ0v) is 13.0. The van der Waals surface area contributed by atoms with Crippen LogP contribution in [0.15, 0.2) is 40.9 Å². The molecule has 0 saturated heterocycles. The van der Waals surface area contributed by atoms with E-state index in [0.717, 1.165) is 26.8 Å². The van der Waals surface area contributed by atoms with Crippen molar-refractivity contribution in [3.05, 3.63) is 56.8 Å². The molecule has 0 amide bonds. The minimum Gasteiger partial charge on any atom is -0.330 e. The van der Waals surface area contributed by atoms with E-state index >= 15 is 0 Å². The molecule has 3 nitrogen and oxygen atoms in total. The van der Waals surface area contributed by atoms with Crippen LogP contribution >= 0.6 is 28.1 Å². The molecule has 2 aromatic carbocycles. The summed E-state index contributed by atoms with van der Waals surface area (Å²) in [4.78, 5) is 3.17. The first-order valence-electron chi connectivity index (χ1n) is 6.02. The average Bonchev–Trinajstić information content (AvgIpc) is 2.77. The Morgan fingerprint density at radius 3 is 2.85 bits per heavy atom. The maximum absolute atomic E-state index is 9.06. The van der Waals surface area contributed by atoms with Gasteiger partial charge in [0, 0.05) is 4.47 Å². The second kappa shape index (κ2) is 4.89. The number of aryl methyl sites for hydroxylation is 1. The molecule has 0 bridgehead atoms. The SMILES string of the molecule is Cc1cccc(-n2c(=S)[nH]c3ccc(C#N)cc32)c1Br. The lowest BCUT2D eigenvalue weighted by Crippen LogP contribution is -1.96. The maximum atomic E-state index is 9.06. The van der Waals surface area contributed by atoms with Crippen LogP contribution in [0.2, 0.25) is 0 Å². The summed E-state index contributed by atoms with van der Waals surface area (Å²) in [7, 11) is 0. The van der Waals surface area contributed by atoms with Crippen molar-refractivity contribution in [1.82, 2.24) is 9.55 Å². The van der Waals surface area contributed by atoms with Gasteiger partial charge in [0.1, 0.15) is 0 Å². The maximum Gasteiger partial charge on any atom is 0.182 e. The highest BCUT2D eigenvalue weighted by molar-refractivity contribution is 9.10. The molecule has 0 unspecified atom stereocenters. The van der Waals surface area contributed by atoms with Crippen molar-refractivity contribution in [2.75, 3.05) is 0 Å². The molecule has 0 spiro atoms. The van der Waals surface area contributed by atoms with Crippen LogP contribution in [0.5, 0.6) is 0 Å². The Labute approximate surface area is 129 Å². The Morgan fingerprint density at radius 1 is 1.30 bits per heavy atom. The standard InChI is InChI=1S/C15H10BrN3S/c1-9-3-2-4-12(14(9)16)19-13-7-10(8-17)5-6-11(13)18-15(19)20/h2-7H,1H3,(H,18,20). The van der Waals surface area contributed by atoms with E-state index in [0.29, 0.717) is 10.3 Å². The van der Waals surface area contributed by atoms with E-state index in [1.807, 2.05) is 41.8 Å². The van der Waals surface area contributed by atoms with Crippen LogP contribution in [0.3, 0.4) is 0 Å². The summed E-state index contributed by atoms with van der Waals surface area (Å²) < 4.78 is 3.56. The summed E-state index contributed by atoms with van der Waals surface area (Å²) in [6, 6.07) is 13.7. The van der Waals surface area contributed by atoms with E-state index in [2.05, 4.69) is 27.0 Å². The number of benzene rings is 2. The molecule has 1 N–H and O–H groups in total. The number of fused-ring (bicyclic) bond motifs is 1. The van der Waals surface area contributed by atoms with Gasteiger partial charge in [-0.1, -0.05) is 12.1 Å². The van der Waals surface area contributed by atoms with Crippen molar-refractivity contribution in [2.24, 2.45) is 0 Å². The van der Waals surface area contributed by atoms with Gasteiger partial charge in [-0.3, -0.25) is 4.57 Å². The van der Waals surface area contributed by atoms with Gasteiger partial charge in [-0.15, -0.1) is 0 Å². The molecule has 3 rings (SSSR count). The van der Waals surface area contributed by atoms with Gasteiger partial charge in [0.2, 0.25) is 0 Å². The highest BCUT2D eigenvalue weighted by Crippen LogP contribution is 2.28. The molecule has 1 heterocycles. The van der Waals surface area contributed by atoms with E-state index < -0.39 is 0 Å². The highest BCUT2D eigenvalue weighted by Gasteiger charge is 2.11. The fraction of sp³-hybridized carbons (Fsp3) is 0.0667. The molecule has 20 heavy (non-hydrogen) atoms. The van der Waals surface area contributed by atoms with Crippen LogP contribution in [-0.2, 0) is 0 Å². The van der Waals surface area contributed by atoms with Gasteiger partial charge in [0.25, 0.3) is 0 Å². The third kappa shape index (κ3) is 1.98. The molecular weight excluding hydrogens is 334 g/mol. The first kappa shape index (κ1) is 13.1. The lowest BCUT2D eigenvalue weighted by atomic mass is 10.2. The fourth-order valence-electron chi connectivity index (χ4n) is 2.22. The third-order valence-electron chi connectivity index (χ3n) is 3.22. The Balaban J connectivity index is 2.42. The first-order chi connectivity index (χ1) is 9.61. The summed E-state index contributed by atoms with van der Waals surface area (Å²) in [5, 5.41) is 9.06. The van der Waals surface area contributed by atoms with E-state index in [-0.39, 0.29) is 0 Å². The molecule has 1 aromatic heterocycles. The molecule has 5 heteroatoms. The van der Waals surface area contributed by atoms with Gasteiger partial charge < -0.3 is 4.98 Å². The number of imidazole rings is 1. The highest BCUT2D eigenvalue weighted by atomic mass is 79.9. The van der Waals surface area contributed by atoms with Crippen LogP contribution in [0.1, 0.15) is 11.1 Å². The molecule has 0 atom stereocenters. The fourth-order valence-corrected chi connectivity index (χ4v) is 2.96. The second-order valence-corrected chi connectivity index (χ2v) is 5.70. The van der Waals surface area contributed by atoms with Crippen LogP contribution in [0, 0.1) is 23.0 Å². The second-order valence-electron chi connectivity index (χ2n) is 4.52. The van der Waals surface area contributed by atoms with Gasteiger partial charge in [0.15, 0.2) is 4.77 Å². The molecule has 0 fully saturated rings. The van der Waals surface area contributed by atoms with Crippen LogP contribution in [-0.4, -0.2) is 9.55 Å². The molecule has 0 saturated carbocycles. The quantitative estimate of drug-likeness (QED) is 0.654. The summed E-state index contributed by atoms with van der Waals surface area (Å²) >= 11 is 9.03. The number of nitriles is 1. The number of aromatic nitrogens is 2. The van der Waals surface area contributed by atoms with E-state index in [1.165, 1.54) is 0 Å². The molecule has 3 aromatic rings. The van der Waals surface area contributed by atoms with Gasteiger partial charge in [-0.25, -0.2) is 0 Å². The summed E-state index contributed by atoms with van der Waals surface area (Å²) in [5.74, 6) is 0. The lowest BCUT2D eigenvalue weighted by molar-refractivity contribution is 1.05. The van der Waals surface area contributed by atoms with Crippen molar-refractivity contribution in [1.29, 1.82) is 5.26 Å². The predicted octanol–water partition coefficient (Wildman–Crippen LogP) is 4.63. The molecular formula is C15H10BrN3S. The number of nitrogens with one attached hydrogen (secondary N) is 1. The van der Waals surface area contributed by atoms with Crippen molar-refractivity contribution in [2.45, 2.75) is 6.92 Å². The monoisotopic (exact) mass is 343 g/mol. The minimum atomic E-state index is 0.612. The molecule has 0 aliphatic carbocycles. The Bertz CT molecular complexity index is 915. The summed E-state index contributed by atoms with van der Waals surface area (Å²) in [6.07, 6.45) is 0.